The van der Waals surface area contributed by atoms with Crippen LogP contribution in [0.4, 0.5) is 5.69 Å². The van der Waals surface area contributed by atoms with Crippen LogP contribution in [0.3, 0.4) is 0 Å². The van der Waals surface area contributed by atoms with Crippen LogP contribution in [0.25, 0.3) is 10.1 Å². The Hall–Kier alpha value is -2.77. The molecule has 2 aromatic carbocycles. The number of ether oxygens (including phenoxy) is 2. The minimum atomic E-state index is -0.369. The Bertz CT molecular complexity index is 1140. The van der Waals surface area contributed by atoms with Gasteiger partial charge in [-0.2, -0.15) is 0 Å². The molecule has 0 atom stereocenters. The van der Waals surface area contributed by atoms with Crippen molar-refractivity contribution >= 4 is 50.5 Å². The number of halogens is 1. The quantitative estimate of drug-likeness (QED) is 0.552. The van der Waals surface area contributed by atoms with Crippen molar-refractivity contribution in [3.8, 4) is 11.5 Å². The molecule has 1 N–H and O–H groups in total. The lowest BCUT2D eigenvalue weighted by molar-refractivity contribution is 0.0725. The van der Waals surface area contributed by atoms with E-state index < -0.39 is 0 Å². The fraction of sp³-hybridized carbons (Fsp3) is 0.304. The number of hydrogen-bond donors (Lipinski definition) is 1. The Labute approximate surface area is 189 Å². The van der Waals surface area contributed by atoms with Crippen molar-refractivity contribution in [2.75, 3.05) is 32.6 Å². The standard InChI is InChI=1S/C23H23ClN2O4S/c1-29-17-12-15(23(28)26-10-6-3-7-11-26)16(13-18(17)30-2)25-22(27)21-20(24)14-8-4-5-9-19(14)31-21/h4-5,8-9,12-13H,3,6-7,10-11H2,1-2H3,(H,25,27). The smallest absolute Gasteiger partial charge is 0.267 e. The van der Waals surface area contributed by atoms with E-state index in [-0.39, 0.29) is 11.8 Å². The summed E-state index contributed by atoms with van der Waals surface area (Å²) in [7, 11) is 3.03. The summed E-state index contributed by atoms with van der Waals surface area (Å²) in [5, 5.41) is 4.11. The molecular weight excluding hydrogens is 436 g/mol. The molecule has 1 saturated heterocycles. The minimum absolute atomic E-state index is 0.140. The van der Waals surface area contributed by atoms with Crippen LogP contribution in [0, 0.1) is 0 Å². The fourth-order valence-corrected chi connectivity index (χ4v) is 5.18. The van der Waals surface area contributed by atoms with Crippen LogP contribution in [-0.4, -0.2) is 44.0 Å². The fourth-order valence-electron chi connectivity index (χ4n) is 3.77. The average molecular weight is 459 g/mol. The number of nitrogens with one attached hydrogen (secondary N) is 1. The number of benzene rings is 2. The number of methoxy groups -OCH3 is 2. The zero-order chi connectivity index (χ0) is 22.0. The van der Waals surface area contributed by atoms with Gasteiger partial charge in [-0.05, 0) is 31.4 Å². The topological polar surface area (TPSA) is 67.9 Å². The Morgan fingerprint density at radius 3 is 2.39 bits per heavy atom. The van der Waals surface area contributed by atoms with E-state index in [0.29, 0.717) is 45.7 Å². The van der Waals surface area contributed by atoms with Crippen LogP contribution in [0.15, 0.2) is 36.4 Å². The molecule has 0 radical (unpaired) electrons. The van der Waals surface area contributed by atoms with E-state index in [0.717, 1.165) is 29.3 Å². The van der Waals surface area contributed by atoms with Gasteiger partial charge in [-0.15, -0.1) is 11.3 Å². The first kappa shape index (κ1) is 21.5. The lowest BCUT2D eigenvalue weighted by atomic mass is 10.1. The van der Waals surface area contributed by atoms with Crippen molar-refractivity contribution < 1.29 is 19.1 Å². The number of anilines is 1. The molecule has 6 nitrogen and oxygen atoms in total. The second kappa shape index (κ2) is 9.16. The van der Waals surface area contributed by atoms with Gasteiger partial charge in [0.15, 0.2) is 11.5 Å². The van der Waals surface area contributed by atoms with E-state index in [4.69, 9.17) is 21.1 Å². The van der Waals surface area contributed by atoms with E-state index in [9.17, 15) is 9.59 Å². The molecular formula is C23H23ClN2O4S. The molecule has 2 heterocycles. The summed E-state index contributed by atoms with van der Waals surface area (Å²) >= 11 is 7.79. The van der Waals surface area contributed by atoms with E-state index in [2.05, 4.69) is 5.32 Å². The normalized spacial score (nSPS) is 13.8. The number of piperidine rings is 1. The summed E-state index contributed by atoms with van der Waals surface area (Å²) in [5.74, 6) is 0.348. The number of carbonyl (C=O) groups excluding carboxylic acids is 2. The molecule has 1 fully saturated rings. The summed E-state index contributed by atoms with van der Waals surface area (Å²) in [6.45, 7) is 1.39. The number of likely N-dealkylation sites (tertiary alicyclic amines) is 1. The zero-order valence-electron chi connectivity index (χ0n) is 17.4. The number of fused-ring (bicyclic) bond motifs is 1. The molecule has 3 aromatic rings. The van der Waals surface area contributed by atoms with Gasteiger partial charge in [0.25, 0.3) is 11.8 Å². The number of hydrogen-bond acceptors (Lipinski definition) is 5. The number of nitrogens with zero attached hydrogens (tertiary/aromatic N) is 1. The first-order valence-corrected chi connectivity index (χ1v) is 11.3. The zero-order valence-corrected chi connectivity index (χ0v) is 18.9. The SMILES string of the molecule is COc1cc(NC(=O)c2sc3ccccc3c2Cl)c(C(=O)N2CCCCC2)cc1OC. The minimum Gasteiger partial charge on any atom is -0.493 e. The Morgan fingerprint density at radius 1 is 1.03 bits per heavy atom. The first-order valence-electron chi connectivity index (χ1n) is 10.1. The third-order valence-electron chi connectivity index (χ3n) is 5.39. The molecule has 2 amide bonds. The van der Waals surface area contributed by atoms with Crippen LogP contribution in [0.1, 0.15) is 39.3 Å². The summed E-state index contributed by atoms with van der Waals surface area (Å²) in [5.41, 5.74) is 0.733. The molecule has 1 aliphatic heterocycles. The van der Waals surface area contributed by atoms with Gasteiger partial charge >= 0.3 is 0 Å². The van der Waals surface area contributed by atoms with Gasteiger partial charge in [0.2, 0.25) is 0 Å². The van der Waals surface area contributed by atoms with Gasteiger partial charge in [-0.25, -0.2) is 0 Å². The van der Waals surface area contributed by atoms with Crippen molar-refractivity contribution in [3.63, 3.8) is 0 Å². The summed E-state index contributed by atoms with van der Waals surface area (Å²) < 4.78 is 11.7. The van der Waals surface area contributed by atoms with Gasteiger partial charge in [0.1, 0.15) is 4.88 Å². The molecule has 4 rings (SSSR count). The molecule has 0 bridgehead atoms. The van der Waals surface area contributed by atoms with Gasteiger partial charge in [-0.1, -0.05) is 29.8 Å². The third kappa shape index (κ3) is 4.20. The van der Waals surface area contributed by atoms with E-state index >= 15 is 0 Å². The Balaban J connectivity index is 1.72. The highest BCUT2D eigenvalue weighted by Gasteiger charge is 2.25. The van der Waals surface area contributed by atoms with Crippen molar-refractivity contribution in [1.82, 2.24) is 4.90 Å². The highest BCUT2D eigenvalue weighted by atomic mass is 35.5. The van der Waals surface area contributed by atoms with Crippen LogP contribution in [0.5, 0.6) is 11.5 Å². The third-order valence-corrected chi connectivity index (χ3v) is 7.06. The molecule has 0 aliphatic carbocycles. The van der Waals surface area contributed by atoms with Gasteiger partial charge in [-0.3, -0.25) is 9.59 Å². The predicted octanol–water partition coefficient (Wildman–Crippen LogP) is 5.45. The molecule has 162 valence electrons. The van der Waals surface area contributed by atoms with Gasteiger partial charge in [0, 0.05) is 29.2 Å². The number of rotatable bonds is 5. The Morgan fingerprint density at radius 2 is 1.71 bits per heavy atom. The number of amides is 2. The monoisotopic (exact) mass is 458 g/mol. The lowest BCUT2D eigenvalue weighted by Gasteiger charge is -2.28. The lowest BCUT2D eigenvalue weighted by Crippen LogP contribution is -2.36. The maximum atomic E-state index is 13.3. The average Bonchev–Trinajstić information content (AvgIpc) is 3.15. The summed E-state index contributed by atoms with van der Waals surface area (Å²) in [4.78, 5) is 28.6. The van der Waals surface area contributed by atoms with E-state index in [1.165, 1.54) is 25.6 Å². The number of carbonyl (C=O) groups is 2. The van der Waals surface area contributed by atoms with Crippen molar-refractivity contribution in [1.29, 1.82) is 0 Å². The summed E-state index contributed by atoms with van der Waals surface area (Å²) in [6.07, 6.45) is 3.06. The van der Waals surface area contributed by atoms with Gasteiger partial charge < -0.3 is 19.7 Å². The molecule has 1 aliphatic rings. The van der Waals surface area contributed by atoms with Crippen LogP contribution < -0.4 is 14.8 Å². The Kier molecular flexibility index (Phi) is 6.34. The largest absolute Gasteiger partial charge is 0.493 e. The molecule has 31 heavy (non-hydrogen) atoms. The highest BCUT2D eigenvalue weighted by Crippen LogP contribution is 2.38. The van der Waals surface area contributed by atoms with Crippen molar-refractivity contribution in [2.45, 2.75) is 19.3 Å². The first-order chi connectivity index (χ1) is 15.0. The maximum Gasteiger partial charge on any atom is 0.267 e. The van der Waals surface area contributed by atoms with Crippen LogP contribution in [0.2, 0.25) is 5.02 Å². The van der Waals surface area contributed by atoms with Crippen molar-refractivity contribution in [3.05, 3.63) is 51.9 Å². The molecule has 0 saturated carbocycles. The van der Waals surface area contributed by atoms with Gasteiger partial charge in [0.05, 0.1) is 30.5 Å². The van der Waals surface area contributed by atoms with E-state index in [1.54, 1.807) is 12.1 Å². The molecule has 0 unspecified atom stereocenters. The number of thiophene rings is 1. The maximum absolute atomic E-state index is 13.3. The predicted molar refractivity (Wildman–Crippen MR) is 124 cm³/mol. The molecule has 8 heteroatoms. The molecule has 1 aromatic heterocycles. The highest BCUT2D eigenvalue weighted by molar-refractivity contribution is 7.21. The van der Waals surface area contributed by atoms with Crippen LogP contribution in [-0.2, 0) is 0 Å². The van der Waals surface area contributed by atoms with Crippen molar-refractivity contribution in [2.24, 2.45) is 0 Å². The van der Waals surface area contributed by atoms with Crippen LogP contribution >= 0.6 is 22.9 Å². The second-order valence-corrected chi connectivity index (χ2v) is 8.73. The van der Waals surface area contributed by atoms with E-state index in [1.807, 2.05) is 29.2 Å². The molecule has 0 spiro atoms. The summed E-state index contributed by atoms with van der Waals surface area (Å²) in [6, 6.07) is 10.8. The second-order valence-electron chi connectivity index (χ2n) is 7.30.